The molecule has 0 unspecified atom stereocenters. The van der Waals surface area contributed by atoms with Crippen molar-refractivity contribution in [2.75, 3.05) is 20.6 Å². The van der Waals surface area contributed by atoms with Crippen molar-refractivity contribution in [3.63, 3.8) is 0 Å². The van der Waals surface area contributed by atoms with Crippen molar-refractivity contribution in [2.45, 2.75) is 25.3 Å². The summed E-state index contributed by atoms with van der Waals surface area (Å²) in [6, 6.07) is 4.15. The molecule has 1 fully saturated rings. The highest BCUT2D eigenvalue weighted by molar-refractivity contribution is 7.13. The molecule has 0 radical (unpaired) electrons. The smallest absolute Gasteiger partial charge is 0.226 e. The van der Waals surface area contributed by atoms with Crippen LogP contribution in [0.1, 0.15) is 18.5 Å². The quantitative estimate of drug-likeness (QED) is 0.851. The van der Waals surface area contributed by atoms with Gasteiger partial charge in [-0.15, -0.1) is 11.3 Å². The molecule has 0 bridgehead atoms. The number of aromatic nitrogens is 1. The van der Waals surface area contributed by atoms with Gasteiger partial charge in [0, 0.05) is 18.0 Å². The molecule has 2 aromatic rings. The highest BCUT2D eigenvalue weighted by Gasteiger charge is 2.32. The zero-order valence-corrected chi connectivity index (χ0v) is 13.7. The Labute approximate surface area is 134 Å². The highest BCUT2D eigenvalue weighted by atomic mass is 32.1. The van der Waals surface area contributed by atoms with E-state index in [1.165, 1.54) is 24.2 Å². The van der Waals surface area contributed by atoms with Gasteiger partial charge >= 0.3 is 0 Å². The molecule has 5 nitrogen and oxygen atoms in total. The van der Waals surface area contributed by atoms with Crippen LogP contribution in [-0.4, -0.2) is 42.5 Å². The highest BCUT2D eigenvalue weighted by Crippen LogP contribution is 2.34. The van der Waals surface area contributed by atoms with E-state index < -0.39 is 0 Å². The summed E-state index contributed by atoms with van der Waals surface area (Å²) in [7, 11) is 4.15. The molecule has 1 aliphatic rings. The van der Waals surface area contributed by atoms with Crippen molar-refractivity contribution in [2.24, 2.45) is 5.92 Å². The van der Waals surface area contributed by atoms with Gasteiger partial charge in [0.1, 0.15) is 0 Å². The summed E-state index contributed by atoms with van der Waals surface area (Å²) in [6.07, 6.45) is 4.50. The fraction of sp³-hybridized carbons (Fsp3) is 0.500. The molecular formula is C16H21N3O2S. The van der Waals surface area contributed by atoms with Crippen molar-refractivity contribution >= 4 is 17.2 Å². The summed E-state index contributed by atoms with van der Waals surface area (Å²) in [5.41, 5.74) is 0.793. The van der Waals surface area contributed by atoms with Crippen LogP contribution in [0.2, 0.25) is 0 Å². The van der Waals surface area contributed by atoms with E-state index in [-0.39, 0.29) is 5.91 Å². The van der Waals surface area contributed by atoms with Crippen molar-refractivity contribution in [1.82, 2.24) is 15.2 Å². The molecule has 1 saturated carbocycles. The number of carbonyl (C=O) groups excluding carboxylic acids is 1. The van der Waals surface area contributed by atoms with Crippen LogP contribution in [0.5, 0.6) is 0 Å². The molecule has 0 saturated heterocycles. The Bertz CT molecular complexity index is 615. The second-order valence-electron chi connectivity index (χ2n) is 5.97. The van der Waals surface area contributed by atoms with E-state index in [4.69, 9.17) is 4.42 Å². The molecule has 1 atom stereocenters. The largest absolute Gasteiger partial charge is 0.462 e. The fourth-order valence-corrected chi connectivity index (χ4v) is 3.38. The molecule has 6 heteroatoms. The first-order valence-corrected chi connectivity index (χ1v) is 8.43. The van der Waals surface area contributed by atoms with Crippen LogP contribution >= 0.6 is 11.3 Å². The number of carbonyl (C=O) groups is 1. The van der Waals surface area contributed by atoms with Gasteiger partial charge in [0.2, 0.25) is 5.91 Å². The molecule has 118 valence electrons. The number of hydrogen-bond acceptors (Lipinski definition) is 5. The normalized spacial score (nSPS) is 16.0. The van der Waals surface area contributed by atoms with Gasteiger partial charge < -0.3 is 14.6 Å². The Kier molecular flexibility index (Phi) is 4.59. The second kappa shape index (κ2) is 6.62. The zero-order valence-electron chi connectivity index (χ0n) is 12.9. The molecule has 22 heavy (non-hydrogen) atoms. The minimum absolute atomic E-state index is 0.0313. The van der Waals surface area contributed by atoms with E-state index in [0.717, 1.165) is 22.4 Å². The lowest BCUT2D eigenvalue weighted by Crippen LogP contribution is -2.42. The second-order valence-corrected chi connectivity index (χ2v) is 6.83. The molecule has 0 spiro atoms. The van der Waals surface area contributed by atoms with Gasteiger partial charge in [-0.05, 0) is 45.0 Å². The molecular weight excluding hydrogens is 298 g/mol. The van der Waals surface area contributed by atoms with Gasteiger partial charge in [0.25, 0.3) is 0 Å². The monoisotopic (exact) mass is 319 g/mol. The summed E-state index contributed by atoms with van der Waals surface area (Å²) < 4.78 is 5.32. The van der Waals surface area contributed by atoms with Crippen LogP contribution in [0.3, 0.4) is 0 Å². The van der Waals surface area contributed by atoms with Gasteiger partial charge in [0.15, 0.2) is 10.8 Å². The standard InChI is InChI=1S/C16H21N3O2S/c1-19(2)13(11-5-6-11)9-17-15(20)8-12-10-22-16(18-12)14-4-3-7-21-14/h3-4,7,10-11,13H,5-6,8-9H2,1-2H3,(H,17,20)/t13-/m0/s1. The molecule has 1 aliphatic carbocycles. The van der Waals surface area contributed by atoms with Crippen molar-refractivity contribution in [3.8, 4) is 10.8 Å². The first-order chi connectivity index (χ1) is 10.6. The van der Waals surface area contributed by atoms with E-state index >= 15 is 0 Å². The minimum atomic E-state index is 0.0313. The number of amides is 1. The van der Waals surface area contributed by atoms with Crippen LogP contribution < -0.4 is 5.32 Å². The number of furan rings is 1. The average Bonchev–Trinajstić information content (AvgIpc) is 2.99. The molecule has 0 aromatic carbocycles. The SMILES string of the molecule is CN(C)[C@@H](CNC(=O)Cc1csc(-c2ccco2)n1)C1CC1. The Hall–Kier alpha value is -1.66. The summed E-state index contributed by atoms with van der Waals surface area (Å²) in [5, 5.41) is 5.77. The Morgan fingerprint density at radius 1 is 1.55 bits per heavy atom. The van der Waals surface area contributed by atoms with E-state index in [1.54, 1.807) is 6.26 Å². The van der Waals surface area contributed by atoms with Crippen LogP contribution in [0.25, 0.3) is 10.8 Å². The lowest BCUT2D eigenvalue weighted by atomic mass is 10.1. The minimum Gasteiger partial charge on any atom is -0.462 e. The van der Waals surface area contributed by atoms with Gasteiger partial charge in [0.05, 0.1) is 18.4 Å². The molecule has 1 amide bonds. The molecule has 2 aromatic heterocycles. The third-order valence-electron chi connectivity index (χ3n) is 3.96. The lowest BCUT2D eigenvalue weighted by Gasteiger charge is -2.24. The number of nitrogens with zero attached hydrogens (tertiary/aromatic N) is 2. The molecule has 0 aliphatic heterocycles. The average molecular weight is 319 g/mol. The van der Waals surface area contributed by atoms with Crippen LogP contribution in [0.4, 0.5) is 0 Å². The summed E-state index contributed by atoms with van der Waals surface area (Å²) in [4.78, 5) is 18.7. The maximum atomic E-state index is 12.1. The number of likely N-dealkylation sites (N-methyl/N-ethyl adjacent to an activating group) is 1. The zero-order chi connectivity index (χ0) is 15.5. The Morgan fingerprint density at radius 3 is 3.00 bits per heavy atom. The predicted octanol–water partition coefficient (Wildman–Crippen LogP) is 2.40. The van der Waals surface area contributed by atoms with Crippen LogP contribution in [0.15, 0.2) is 28.2 Å². The van der Waals surface area contributed by atoms with Crippen molar-refractivity contribution in [1.29, 1.82) is 0 Å². The maximum absolute atomic E-state index is 12.1. The number of rotatable bonds is 7. The van der Waals surface area contributed by atoms with Crippen LogP contribution in [-0.2, 0) is 11.2 Å². The van der Waals surface area contributed by atoms with Gasteiger partial charge in [-0.1, -0.05) is 0 Å². The fourth-order valence-electron chi connectivity index (χ4n) is 2.60. The summed E-state index contributed by atoms with van der Waals surface area (Å²) in [6.45, 7) is 0.714. The van der Waals surface area contributed by atoms with Crippen LogP contribution in [0, 0.1) is 5.92 Å². The lowest BCUT2D eigenvalue weighted by molar-refractivity contribution is -0.120. The van der Waals surface area contributed by atoms with E-state index in [1.807, 2.05) is 17.5 Å². The Balaban J connectivity index is 1.51. The van der Waals surface area contributed by atoms with Gasteiger partial charge in [-0.3, -0.25) is 4.79 Å². The molecule has 3 rings (SSSR count). The van der Waals surface area contributed by atoms with Crippen molar-refractivity contribution in [3.05, 3.63) is 29.5 Å². The topological polar surface area (TPSA) is 58.4 Å². The number of thiazole rings is 1. The molecule has 2 heterocycles. The number of hydrogen-bond donors (Lipinski definition) is 1. The maximum Gasteiger partial charge on any atom is 0.226 e. The Morgan fingerprint density at radius 2 is 2.36 bits per heavy atom. The molecule has 1 N–H and O–H groups in total. The van der Waals surface area contributed by atoms with Gasteiger partial charge in [-0.25, -0.2) is 4.98 Å². The first kappa shape index (κ1) is 15.2. The van der Waals surface area contributed by atoms with E-state index in [9.17, 15) is 4.79 Å². The number of nitrogens with one attached hydrogen (secondary N) is 1. The van der Waals surface area contributed by atoms with Crippen molar-refractivity contribution < 1.29 is 9.21 Å². The van der Waals surface area contributed by atoms with E-state index in [2.05, 4.69) is 29.3 Å². The predicted molar refractivity (Wildman–Crippen MR) is 86.7 cm³/mol. The van der Waals surface area contributed by atoms with E-state index in [0.29, 0.717) is 19.0 Å². The van der Waals surface area contributed by atoms with Gasteiger partial charge in [-0.2, -0.15) is 0 Å². The first-order valence-electron chi connectivity index (χ1n) is 7.55. The summed E-state index contributed by atoms with van der Waals surface area (Å²) >= 11 is 1.50. The third kappa shape index (κ3) is 3.75. The summed E-state index contributed by atoms with van der Waals surface area (Å²) in [5.74, 6) is 1.52. The third-order valence-corrected chi connectivity index (χ3v) is 4.87.